The first-order valence-electron chi connectivity index (χ1n) is 10.7. The summed E-state index contributed by atoms with van der Waals surface area (Å²) < 4.78 is 0.852. The number of anilines is 8. The summed E-state index contributed by atoms with van der Waals surface area (Å²) in [5.74, 6) is 4.66. The van der Waals surface area contributed by atoms with Gasteiger partial charge in [0, 0.05) is 28.2 Å². The second-order valence-electron chi connectivity index (χ2n) is 8.03. The molecule has 3 aromatic heterocycles. The SMILES string of the molecule is CN1c2cccc(n2)N(C)c2cccc(n2)N(C)c2c(Cl)ccc(c2Br)N(C)c2cccc1n2. The van der Waals surface area contributed by atoms with Crippen LogP contribution in [-0.2, 0) is 0 Å². The molecule has 1 aliphatic rings. The minimum absolute atomic E-state index is 0.615. The summed E-state index contributed by atoms with van der Waals surface area (Å²) in [6, 6.07) is 21.7. The largest absolute Gasteiger partial charge is 0.328 e. The smallest absolute Gasteiger partial charge is 0.136 e. The van der Waals surface area contributed by atoms with Crippen molar-refractivity contribution in [3.8, 4) is 0 Å². The van der Waals surface area contributed by atoms with E-state index < -0.39 is 0 Å². The van der Waals surface area contributed by atoms with Crippen LogP contribution in [0.4, 0.5) is 46.3 Å². The van der Waals surface area contributed by atoms with Crippen molar-refractivity contribution in [1.29, 1.82) is 0 Å². The standard InChI is InChI=1S/C25H23BrClN7/c1-31-17-15-14-16(27)25(24(17)26)34(4)23-13-7-12-22(30-23)33(3)21-11-6-10-20(29-21)32(2)19-9-5-8-18(31)28-19/h5-15H,1-4H3. The number of hydrogen-bond donors (Lipinski definition) is 0. The molecule has 0 saturated heterocycles. The fraction of sp³-hybridized carbons (Fsp3) is 0.160. The molecule has 0 atom stereocenters. The minimum Gasteiger partial charge on any atom is -0.328 e. The average molecular weight is 537 g/mol. The lowest BCUT2D eigenvalue weighted by Gasteiger charge is -2.28. The zero-order valence-corrected chi connectivity index (χ0v) is 21.6. The molecule has 0 spiro atoms. The van der Waals surface area contributed by atoms with Crippen LogP contribution in [0, 0.1) is 0 Å². The molecule has 4 aromatic rings. The summed E-state index contributed by atoms with van der Waals surface area (Å²) >= 11 is 10.5. The van der Waals surface area contributed by atoms with Crippen molar-refractivity contribution >= 4 is 73.8 Å². The van der Waals surface area contributed by atoms with Gasteiger partial charge < -0.3 is 19.6 Å². The Kier molecular flexibility index (Phi) is 5.79. The van der Waals surface area contributed by atoms with Gasteiger partial charge in [-0.2, -0.15) is 0 Å². The molecular formula is C25H23BrClN7. The number of nitrogens with zero attached hydrogens (tertiary/aromatic N) is 7. The molecule has 34 heavy (non-hydrogen) atoms. The van der Waals surface area contributed by atoms with Crippen LogP contribution < -0.4 is 19.6 Å². The number of aromatic nitrogens is 3. The lowest BCUT2D eigenvalue weighted by atomic mass is 10.2. The van der Waals surface area contributed by atoms with Gasteiger partial charge in [0.05, 0.1) is 20.9 Å². The fourth-order valence-electron chi connectivity index (χ4n) is 3.93. The van der Waals surface area contributed by atoms with Gasteiger partial charge in [-0.05, 0) is 64.5 Å². The molecule has 1 aliphatic heterocycles. The summed E-state index contributed by atoms with van der Waals surface area (Å²) in [4.78, 5) is 22.6. The van der Waals surface area contributed by atoms with Gasteiger partial charge in [0.15, 0.2) is 0 Å². The molecule has 172 valence electrons. The lowest BCUT2D eigenvalue weighted by molar-refractivity contribution is 1.01. The van der Waals surface area contributed by atoms with Crippen molar-refractivity contribution in [1.82, 2.24) is 15.0 Å². The van der Waals surface area contributed by atoms with Crippen LogP contribution in [-0.4, -0.2) is 43.1 Å². The van der Waals surface area contributed by atoms with Crippen molar-refractivity contribution in [2.24, 2.45) is 0 Å². The van der Waals surface area contributed by atoms with Gasteiger partial charge in [0.2, 0.25) is 0 Å². The second-order valence-corrected chi connectivity index (χ2v) is 9.23. The second kappa shape index (κ2) is 8.77. The van der Waals surface area contributed by atoms with Crippen LogP contribution in [0.1, 0.15) is 0 Å². The Bertz CT molecular complexity index is 1380. The van der Waals surface area contributed by atoms with Gasteiger partial charge in [-0.1, -0.05) is 29.8 Å². The van der Waals surface area contributed by atoms with Gasteiger partial charge in [0.1, 0.15) is 34.9 Å². The Morgan fingerprint density at radius 3 is 1.38 bits per heavy atom. The average Bonchev–Trinajstić information content (AvgIpc) is 2.87. The minimum atomic E-state index is 0.615. The topological polar surface area (TPSA) is 51.6 Å². The van der Waals surface area contributed by atoms with Crippen molar-refractivity contribution in [2.45, 2.75) is 0 Å². The maximum absolute atomic E-state index is 6.69. The maximum atomic E-state index is 6.69. The Morgan fingerprint density at radius 2 is 0.941 bits per heavy atom. The van der Waals surface area contributed by atoms with Crippen molar-refractivity contribution in [2.75, 3.05) is 47.8 Å². The molecule has 5 rings (SSSR count). The van der Waals surface area contributed by atoms with E-state index in [1.807, 2.05) is 115 Å². The van der Waals surface area contributed by atoms with Crippen LogP contribution in [0.2, 0.25) is 5.02 Å². The zero-order chi connectivity index (χ0) is 24.0. The normalized spacial score (nSPS) is 13.4. The molecule has 0 unspecified atom stereocenters. The van der Waals surface area contributed by atoms with E-state index in [-0.39, 0.29) is 0 Å². The van der Waals surface area contributed by atoms with Crippen LogP contribution in [0.3, 0.4) is 0 Å². The predicted molar refractivity (Wildman–Crippen MR) is 144 cm³/mol. The van der Waals surface area contributed by atoms with Crippen molar-refractivity contribution in [3.63, 3.8) is 0 Å². The van der Waals surface area contributed by atoms with Crippen molar-refractivity contribution < 1.29 is 0 Å². The fourth-order valence-corrected chi connectivity index (χ4v) is 5.20. The Labute approximate surface area is 212 Å². The molecule has 0 amide bonds. The summed E-state index contributed by atoms with van der Waals surface area (Å²) in [7, 11) is 7.86. The van der Waals surface area contributed by atoms with Crippen LogP contribution >= 0.6 is 27.5 Å². The van der Waals surface area contributed by atoms with E-state index in [0.717, 1.165) is 50.8 Å². The highest BCUT2D eigenvalue weighted by atomic mass is 79.9. The monoisotopic (exact) mass is 535 g/mol. The third-order valence-electron chi connectivity index (χ3n) is 5.96. The van der Waals surface area contributed by atoms with Gasteiger partial charge in [-0.15, -0.1) is 0 Å². The molecule has 0 N–H and O–H groups in total. The molecule has 0 aliphatic carbocycles. The van der Waals surface area contributed by atoms with E-state index in [9.17, 15) is 0 Å². The molecule has 0 radical (unpaired) electrons. The van der Waals surface area contributed by atoms with Gasteiger partial charge >= 0.3 is 0 Å². The van der Waals surface area contributed by atoms with Gasteiger partial charge in [0.25, 0.3) is 0 Å². The molecule has 1 aromatic carbocycles. The highest BCUT2D eigenvalue weighted by molar-refractivity contribution is 9.10. The first-order chi connectivity index (χ1) is 16.3. The first-order valence-corrected chi connectivity index (χ1v) is 11.9. The van der Waals surface area contributed by atoms with Crippen LogP contribution in [0.15, 0.2) is 71.2 Å². The molecule has 4 heterocycles. The molecule has 7 nitrogen and oxygen atoms in total. The number of benzene rings is 1. The maximum Gasteiger partial charge on any atom is 0.136 e. The number of fused-ring (bicyclic) bond motifs is 8. The molecule has 9 heteroatoms. The van der Waals surface area contributed by atoms with E-state index in [1.165, 1.54) is 0 Å². The summed E-state index contributed by atoms with van der Waals surface area (Å²) in [5.41, 5.74) is 1.75. The third-order valence-corrected chi connectivity index (χ3v) is 7.05. The summed E-state index contributed by atoms with van der Waals surface area (Å²) in [6.07, 6.45) is 0. The van der Waals surface area contributed by atoms with Crippen LogP contribution in [0.5, 0.6) is 0 Å². The number of halogens is 2. The number of rotatable bonds is 0. The molecule has 0 fully saturated rings. The number of pyridine rings is 3. The summed E-state index contributed by atoms with van der Waals surface area (Å²) in [6.45, 7) is 0. The Balaban J connectivity index is 1.77. The van der Waals surface area contributed by atoms with E-state index >= 15 is 0 Å². The zero-order valence-electron chi connectivity index (χ0n) is 19.2. The van der Waals surface area contributed by atoms with E-state index in [0.29, 0.717) is 5.02 Å². The Morgan fingerprint density at radius 1 is 0.559 bits per heavy atom. The molecule has 0 saturated carbocycles. The quantitative estimate of drug-likeness (QED) is 0.249. The van der Waals surface area contributed by atoms with E-state index in [2.05, 4.69) is 15.9 Å². The molecular weight excluding hydrogens is 514 g/mol. The van der Waals surface area contributed by atoms with E-state index in [4.69, 9.17) is 26.6 Å². The van der Waals surface area contributed by atoms with E-state index in [1.54, 1.807) is 0 Å². The lowest BCUT2D eigenvalue weighted by Crippen LogP contribution is -2.20. The van der Waals surface area contributed by atoms with Crippen LogP contribution in [0.25, 0.3) is 0 Å². The van der Waals surface area contributed by atoms with Gasteiger partial charge in [-0.3, -0.25) is 0 Å². The predicted octanol–water partition coefficient (Wildman–Crippen LogP) is 6.67. The molecule has 8 bridgehead atoms. The summed E-state index contributed by atoms with van der Waals surface area (Å²) in [5, 5.41) is 0.615. The Hall–Kier alpha value is -3.36. The third kappa shape index (κ3) is 3.82. The first kappa shape index (κ1) is 22.4. The van der Waals surface area contributed by atoms with Gasteiger partial charge in [-0.25, -0.2) is 15.0 Å². The van der Waals surface area contributed by atoms with Crippen molar-refractivity contribution in [3.05, 3.63) is 76.2 Å². The highest BCUT2D eigenvalue weighted by Crippen LogP contribution is 2.44. The number of hydrogen-bond acceptors (Lipinski definition) is 7. The highest BCUT2D eigenvalue weighted by Gasteiger charge is 2.21.